The summed E-state index contributed by atoms with van der Waals surface area (Å²) in [5.41, 5.74) is 3.94. The van der Waals surface area contributed by atoms with E-state index in [0.29, 0.717) is 5.92 Å². The monoisotopic (exact) mass is 409 g/mol. The van der Waals surface area contributed by atoms with Crippen LogP contribution in [0.1, 0.15) is 49.4 Å². The highest BCUT2D eigenvalue weighted by Crippen LogP contribution is 2.31. The summed E-state index contributed by atoms with van der Waals surface area (Å²) in [6, 6.07) is 15.5. The van der Waals surface area contributed by atoms with Crippen molar-refractivity contribution >= 4 is 31.9 Å². The predicted octanol–water partition coefficient (Wildman–Crippen LogP) is 6.03. The molecule has 0 saturated heterocycles. The first-order valence-electron chi connectivity index (χ1n) is 7.31. The van der Waals surface area contributed by atoms with Crippen LogP contribution in [0, 0.1) is 0 Å². The summed E-state index contributed by atoms with van der Waals surface area (Å²) in [4.78, 5) is 0. The van der Waals surface area contributed by atoms with Gasteiger partial charge < -0.3 is 5.32 Å². The molecule has 2 rings (SSSR count). The van der Waals surface area contributed by atoms with Crippen molar-refractivity contribution in [3.05, 3.63) is 68.1 Å². The van der Waals surface area contributed by atoms with E-state index in [9.17, 15) is 0 Å². The van der Waals surface area contributed by atoms with Crippen molar-refractivity contribution < 1.29 is 0 Å². The van der Waals surface area contributed by atoms with Crippen molar-refractivity contribution in [3.63, 3.8) is 0 Å². The molecule has 0 amide bonds. The van der Waals surface area contributed by atoms with Crippen LogP contribution in [0.3, 0.4) is 0 Å². The average Bonchev–Trinajstić information content (AvgIpc) is 2.46. The van der Waals surface area contributed by atoms with Crippen molar-refractivity contribution in [1.29, 1.82) is 0 Å². The highest BCUT2D eigenvalue weighted by molar-refractivity contribution is 9.11. The van der Waals surface area contributed by atoms with E-state index in [2.05, 4.69) is 100 Å². The van der Waals surface area contributed by atoms with Crippen LogP contribution >= 0.6 is 31.9 Å². The average molecular weight is 411 g/mol. The third kappa shape index (κ3) is 4.18. The third-order valence-corrected chi connectivity index (χ3v) is 4.80. The van der Waals surface area contributed by atoms with Crippen LogP contribution in [0.2, 0.25) is 0 Å². The molecule has 0 aliphatic carbocycles. The van der Waals surface area contributed by atoms with Gasteiger partial charge in [-0.15, -0.1) is 0 Å². The molecule has 0 fully saturated rings. The lowest BCUT2D eigenvalue weighted by Gasteiger charge is -2.21. The van der Waals surface area contributed by atoms with Gasteiger partial charge in [0.15, 0.2) is 0 Å². The summed E-state index contributed by atoms with van der Waals surface area (Å²) < 4.78 is 2.21. The first kappa shape index (κ1) is 16.7. The van der Waals surface area contributed by atoms with E-state index >= 15 is 0 Å². The molecule has 1 atom stereocenters. The molecule has 0 bridgehead atoms. The molecule has 0 saturated carbocycles. The van der Waals surface area contributed by atoms with Gasteiger partial charge in [-0.05, 0) is 41.3 Å². The van der Waals surface area contributed by atoms with Gasteiger partial charge in [0.2, 0.25) is 0 Å². The van der Waals surface area contributed by atoms with Crippen LogP contribution in [0.4, 0.5) is 0 Å². The summed E-state index contributed by atoms with van der Waals surface area (Å²) in [7, 11) is 0. The minimum Gasteiger partial charge on any atom is -0.306 e. The largest absolute Gasteiger partial charge is 0.306 e. The van der Waals surface area contributed by atoms with Crippen molar-refractivity contribution in [1.82, 2.24) is 5.32 Å². The van der Waals surface area contributed by atoms with Crippen molar-refractivity contribution in [2.75, 3.05) is 6.54 Å². The van der Waals surface area contributed by atoms with Gasteiger partial charge in [-0.3, -0.25) is 0 Å². The second-order valence-corrected chi connectivity index (χ2v) is 7.25. The Morgan fingerprint density at radius 1 is 0.952 bits per heavy atom. The first-order chi connectivity index (χ1) is 10.0. The lowest BCUT2D eigenvalue weighted by atomic mass is 9.95. The Morgan fingerprint density at radius 2 is 1.57 bits per heavy atom. The fourth-order valence-corrected chi connectivity index (χ4v) is 3.70. The number of halogens is 2. The van der Waals surface area contributed by atoms with Crippen LogP contribution < -0.4 is 5.32 Å². The molecule has 1 N–H and O–H groups in total. The zero-order chi connectivity index (χ0) is 15.4. The Kier molecular flexibility index (Phi) is 6.03. The van der Waals surface area contributed by atoms with Crippen LogP contribution in [0.25, 0.3) is 0 Å². The summed E-state index contributed by atoms with van der Waals surface area (Å²) in [6.45, 7) is 7.52. The quantitative estimate of drug-likeness (QED) is 0.633. The Hall–Kier alpha value is -0.640. The molecule has 0 aromatic heterocycles. The van der Waals surface area contributed by atoms with Crippen LogP contribution in [0.5, 0.6) is 0 Å². The first-order valence-corrected chi connectivity index (χ1v) is 8.89. The Morgan fingerprint density at radius 3 is 2.10 bits per heavy atom. The number of hydrogen-bond acceptors (Lipinski definition) is 1. The van der Waals surface area contributed by atoms with E-state index in [1.807, 2.05) is 0 Å². The van der Waals surface area contributed by atoms with E-state index in [1.165, 1.54) is 16.7 Å². The molecule has 21 heavy (non-hydrogen) atoms. The van der Waals surface area contributed by atoms with Gasteiger partial charge in [-0.2, -0.15) is 0 Å². The third-order valence-electron chi connectivity index (χ3n) is 3.62. The van der Waals surface area contributed by atoms with E-state index in [1.54, 1.807) is 0 Å². The van der Waals surface area contributed by atoms with Crippen molar-refractivity contribution in [2.24, 2.45) is 0 Å². The molecule has 2 aromatic rings. The molecule has 0 aliphatic heterocycles. The Bertz CT molecular complexity index is 591. The lowest BCUT2D eigenvalue weighted by Crippen LogP contribution is -2.22. The van der Waals surface area contributed by atoms with E-state index in [4.69, 9.17) is 0 Å². The highest BCUT2D eigenvalue weighted by atomic mass is 79.9. The number of hydrogen-bond donors (Lipinski definition) is 1. The molecule has 2 aromatic carbocycles. The highest BCUT2D eigenvalue weighted by Gasteiger charge is 2.16. The van der Waals surface area contributed by atoms with Gasteiger partial charge >= 0.3 is 0 Å². The maximum absolute atomic E-state index is 3.68. The lowest BCUT2D eigenvalue weighted by molar-refractivity contribution is 0.628. The second kappa shape index (κ2) is 7.57. The number of rotatable bonds is 5. The summed E-state index contributed by atoms with van der Waals surface area (Å²) in [5, 5.41) is 3.58. The fourth-order valence-electron chi connectivity index (χ4n) is 2.42. The molecule has 112 valence electrons. The van der Waals surface area contributed by atoms with Crippen LogP contribution in [0.15, 0.2) is 51.4 Å². The van der Waals surface area contributed by atoms with Gasteiger partial charge in [0.05, 0.1) is 6.04 Å². The van der Waals surface area contributed by atoms with E-state index in [-0.39, 0.29) is 6.04 Å². The molecule has 0 heterocycles. The Balaban J connectivity index is 2.38. The molecule has 0 spiro atoms. The summed E-state index contributed by atoms with van der Waals surface area (Å²) in [6.07, 6.45) is 0. The minimum absolute atomic E-state index is 0.207. The fraction of sp³-hybridized carbons (Fsp3) is 0.333. The topological polar surface area (TPSA) is 12.0 Å². The van der Waals surface area contributed by atoms with Crippen molar-refractivity contribution in [3.8, 4) is 0 Å². The predicted molar refractivity (Wildman–Crippen MR) is 97.9 cm³/mol. The number of nitrogens with one attached hydrogen (secondary N) is 1. The molecule has 1 nitrogen and oxygen atoms in total. The standard InChI is InChI=1S/C18H21Br2N/c1-4-21-18(16-10-9-15(19)11-17(16)20)14-7-5-13(6-8-14)12(2)3/h5-12,18,21H,4H2,1-3H3. The van der Waals surface area contributed by atoms with Gasteiger partial charge in [-0.1, -0.05) is 83.0 Å². The maximum Gasteiger partial charge on any atom is 0.0587 e. The van der Waals surface area contributed by atoms with Crippen LogP contribution in [-0.2, 0) is 0 Å². The molecule has 3 heteroatoms. The van der Waals surface area contributed by atoms with Crippen molar-refractivity contribution in [2.45, 2.75) is 32.7 Å². The minimum atomic E-state index is 0.207. The SMILES string of the molecule is CCNC(c1ccc(C(C)C)cc1)c1ccc(Br)cc1Br. The number of benzene rings is 2. The zero-order valence-corrected chi connectivity index (χ0v) is 15.8. The molecule has 0 radical (unpaired) electrons. The smallest absolute Gasteiger partial charge is 0.0587 e. The van der Waals surface area contributed by atoms with Crippen LogP contribution in [-0.4, -0.2) is 6.54 Å². The van der Waals surface area contributed by atoms with E-state index < -0.39 is 0 Å². The molecule has 0 aliphatic rings. The van der Waals surface area contributed by atoms with Gasteiger partial charge in [-0.25, -0.2) is 0 Å². The summed E-state index contributed by atoms with van der Waals surface area (Å²) >= 11 is 7.20. The molecular weight excluding hydrogens is 390 g/mol. The molecule has 1 unspecified atom stereocenters. The van der Waals surface area contributed by atoms with Gasteiger partial charge in [0, 0.05) is 8.95 Å². The Labute approximate surface area is 144 Å². The van der Waals surface area contributed by atoms with Gasteiger partial charge in [0.25, 0.3) is 0 Å². The van der Waals surface area contributed by atoms with Gasteiger partial charge in [0.1, 0.15) is 0 Å². The molecular formula is C18H21Br2N. The van der Waals surface area contributed by atoms with E-state index in [0.717, 1.165) is 15.5 Å². The second-order valence-electron chi connectivity index (χ2n) is 5.48. The zero-order valence-electron chi connectivity index (χ0n) is 12.7. The summed E-state index contributed by atoms with van der Waals surface area (Å²) in [5.74, 6) is 0.566. The normalized spacial score (nSPS) is 12.7. The maximum atomic E-state index is 3.68.